The Kier molecular flexibility index (Phi) is 6.29. The number of carbonyl (C=O) groups excluding carboxylic acids is 4. The van der Waals surface area contributed by atoms with Crippen LogP contribution >= 0.6 is 0 Å². The highest BCUT2D eigenvalue weighted by Gasteiger charge is 2.49. The number of fused-ring (bicyclic) bond motifs is 5. The molecular formula is C41H24O8. The van der Waals surface area contributed by atoms with Crippen molar-refractivity contribution < 1.29 is 38.1 Å². The summed E-state index contributed by atoms with van der Waals surface area (Å²) >= 11 is 0. The summed E-state index contributed by atoms with van der Waals surface area (Å²) in [5.41, 5.74) is 6.12. The maximum absolute atomic E-state index is 12.1. The van der Waals surface area contributed by atoms with Crippen LogP contribution in [0, 0.1) is 5.92 Å². The van der Waals surface area contributed by atoms with Crippen molar-refractivity contribution in [3.8, 4) is 28.4 Å². The molecule has 236 valence electrons. The molecule has 49 heavy (non-hydrogen) atoms. The van der Waals surface area contributed by atoms with Crippen LogP contribution in [0.3, 0.4) is 0 Å². The summed E-state index contributed by atoms with van der Waals surface area (Å²) in [5.74, 6) is -0.598. The molecule has 5 aromatic rings. The van der Waals surface area contributed by atoms with Gasteiger partial charge in [0.05, 0.1) is 27.7 Å². The topological polar surface area (TPSA) is 105 Å². The number of hydrogen-bond donors (Lipinski definition) is 0. The molecule has 2 aliphatic carbocycles. The summed E-state index contributed by atoms with van der Waals surface area (Å²) in [7, 11) is 0. The second-order valence-electron chi connectivity index (χ2n) is 12.2. The molecule has 0 amide bonds. The second-order valence-corrected chi connectivity index (χ2v) is 12.2. The van der Waals surface area contributed by atoms with E-state index in [1.54, 1.807) is 18.2 Å². The lowest BCUT2D eigenvalue weighted by Crippen LogP contribution is -2.35. The van der Waals surface area contributed by atoms with Gasteiger partial charge in [-0.3, -0.25) is 0 Å². The number of rotatable bonds is 6. The molecule has 0 saturated carbocycles. The summed E-state index contributed by atoms with van der Waals surface area (Å²) in [6, 6.07) is 34.4. The van der Waals surface area contributed by atoms with Crippen molar-refractivity contribution in [1.29, 1.82) is 0 Å². The summed E-state index contributed by atoms with van der Waals surface area (Å²) in [5, 5.41) is 0. The van der Waals surface area contributed by atoms with Gasteiger partial charge in [0.25, 0.3) is 0 Å². The predicted octanol–water partition coefficient (Wildman–Crippen LogP) is 7.95. The van der Waals surface area contributed by atoms with E-state index < -0.39 is 29.3 Å². The average molecular weight is 645 g/mol. The fourth-order valence-electron chi connectivity index (χ4n) is 7.50. The minimum Gasteiger partial charge on any atom is -0.458 e. The molecule has 9 rings (SSSR count). The highest BCUT2D eigenvalue weighted by molar-refractivity contribution is 6.15. The summed E-state index contributed by atoms with van der Waals surface area (Å²) < 4.78 is 21.7. The Morgan fingerprint density at radius 2 is 1.04 bits per heavy atom. The molecule has 5 aromatic carbocycles. The Bertz CT molecular complexity index is 2300. The van der Waals surface area contributed by atoms with Crippen molar-refractivity contribution in [2.24, 2.45) is 5.92 Å². The minimum absolute atomic E-state index is 0.00398. The molecule has 1 unspecified atom stereocenters. The van der Waals surface area contributed by atoms with Gasteiger partial charge in [-0.25, -0.2) is 19.2 Å². The maximum atomic E-state index is 12.1. The molecule has 0 bridgehead atoms. The normalized spacial score (nSPS) is 17.8. The lowest BCUT2D eigenvalue weighted by molar-refractivity contribution is 0.0425. The van der Waals surface area contributed by atoms with Gasteiger partial charge in [-0.2, -0.15) is 0 Å². The number of carbonyl (C=O) groups is 4. The van der Waals surface area contributed by atoms with Crippen molar-refractivity contribution in [2.75, 3.05) is 0 Å². The van der Waals surface area contributed by atoms with Gasteiger partial charge in [-0.1, -0.05) is 66.7 Å². The third kappa shape index (κ3) is 4.38. The van der Waals surface area contributed by atoms with E-state index in [4.69, 9.17) is 18.9 Å². The van der Waals surface area contributed by atoms with Gasteiger partial charge in [-0.05, 0) is 101 Å². The van der Waals surface area contributed by atoms with E-state index in [9.17, 15) is 19.2 Å². The number of benzene rings is 5. The van der Waals surface area contributed by atoms with Crippen LogP contribution in [0.5, 0.6) is 17.2 Å². The molecule has 1 atom stereocenters. The van der Waals surface area contributed by atoms with Gasteiger partial charge in [0.1, 0.15) is 23.0 Å². The molecule has 0 saturated heterocycles. The molecule has 8 nitrogen and oxygen atoms in total. The first-order chi connectivity index (χ1) is 23.9. The first-order valence-corrected chi connectivity index (χ1v) is 15.8. The summed E-state index contributed by atoms with van der Waals surface area (Å²) in [6.07, 6.45) is 6.84. The zero-order valence-electron chi connectivity index (χ0n) is 25.7. The second kappa shape index (κ2) is 10.7. The van der Waals surface area contributed by atoms with Gasteiger partial charge in [-0.15, -0.1) is 0 Å². The summed E-state index contributed by atoms with van der Waals surface area (Å²) in [6.45, 7) is 0. The number of allylic oxidation sites excluding steroid dienone is 3. The van der Waals surface area contributed by atoms with E-state index in [-0.39, 0.29) is 28.2 Å². The molecule has 8 heteroatoms. The summed E-state index contributed by atoms with van der Waals surface area (Å²) in [4.78, 5) is 47.9. The predicted molar refractivity (Wildman–Crippen MR) is 177 cm³/mol. The van der Waals surface area contributed by atoms with E-state index in [0.29, 0.717) is 29.4 Å². The van der Waals surface area contributed by atoms with E-state index in [2.05, 4.69) is 66.7 Å². The Balaban J connectivity index is 1.06. The first kappa shape index (κ1) is 28.7. The van der Waals surface area contributed by atoms with Crippen LogP contribution in [0.4, 0.5) is 0 Å². The quantitative estimate of drug-likeness (QED) is 0.135. The van der Waals surface area contributed by atoms with Crippen LogP contribution in [0.15, 0.2) is 133 Å². The van der Waals surface area contributed by atoms with Crippen LogP contribution in [0.25, 0.3) is 11.1 Å². The molecule has 0 radical (unpaired) electrons. The Hall–Kier alpha value is -6.54. The molecule has 0 fully saturated rings. The fourth-order valence-corrected chi connectivity index (χ4v) is 7.50. The average Bonchev–Trinajstić information content (AvgIpc) is 3.70. The van der Waals surface area contributed by atoms with Crippen LogP contribution < -0.4 is 9.47 Å². The van der Waals surface area contributed by atoms with E-state index in [0.717, 1.165) is 5.56 Å². The van der Waals surface area contributed by atoms with Gasteiger partial charge in [0.15, 0.2) is 0 Å². The van der Waals surface area contributed by atoms with Crippen molar-refractivity contribution in [3.05, 3.63) is 172 Å². The van der Waals surface area contributed by atoms with Crippen molar-refractivity contribution in [1.82, 2.24) is 0 Å². The zero-order valence-corrected chi connectivity index (χ0v) is 25.7. The largest absolute Gasteiger partial charge is 0.458 e. The highest BCUT2D eigenvalue weighted by Crippen LogP contribution is 2.58. The van der Waals surface area contributed by atoms with Crippen LogP contribution in [0.2, 0.25) is 0 Å². The zero-order chi connectivity index (χ0) is 33.3. The van der Waals surface area contributed by atoms with Gasteiger partial charge in [0.2, 0.25) is 0 Å². The molecular weight excluding hydrogens is 620 g/mol. The smallest absolute Gasteiger partial charge is 0.347 e. The maximum Gasteiger partial charge on any atom is 0.347 e. The van der Waals surface area contributed by atoms with Crippen molar-refractivity contribution >= 4 is 23.9 Å². The third-order valence-corrected chi connectivity index (χ3v) is 9.63. The monoisotopic (exact) mass is 644 g/mol. The molecule has 2 heterocycles. The Morgan fingerprint density at radius 3 is 1.59 bits per heavy atom. The van der Waals surface area contributed by atoms with Gasteiger partial charge < -0.3 is 18.9 Å². The highest BCUT2D eigenvalue weighted by atomic mass is 16.6. The van der Waals surface area contributed by atoms with Gasteiger partial charge in [0, 0.05) is 0 Å². The molecule has 0 N–H and O–H groups in total. The number of cyclic esters (lactones) is 4. The standard InChI is InChI=1S/C41H24O8/c42-37-31-19-17-27(21-33(31)39(44)48-37)46-25-13-9-23(10-14-25)41(35-7-3-1-5-29(35)30-6-2-4-8-36(30)41)24-11-15-26(16-12-24)47-28-18-20-32-34(22-28)40(45)49-38(32)43/h1-11,13-22,24H,12H2. The number of hydrogen-bond acceptors (Lipinski definition) is 8. The molecule has 2 aliphatic heterocycles. The lowest BCUT2D eigenvalue weighted by Gasteiger charge is -2.40. The molecule has 4 aliphatic rings. The minimum atomic E-state index is -0.682. The fraction of sp³-hybridized carbons (Fsp3) is 0.0732. The Labute approximate surface area is 279 Å². The van der Waals surface area contributed by atoms with Gasteiger partial charge >= 0.3 is 23.9 Å². The molecule has 0 aromatic heterocycles. The van der Waals surface area contributed by atoms with Crippen molar-refractivity contribution in [2.45, 2.75) is 11.8 Å². The first-order valence-electron chi connectivity index (χ1n) is 15.8. The molecule has 0 spiro atoms. The van der Waals surface area contributed by atoms with Crippen LogP contribution in [-0.2, 0) is 14.9 Å². The lowest BCUT2D eigenvalue weighted by atomic mass is 9.62. The number of ether oxygens (including phenoxy) is 4. The van der Waals surface area contributed by atoms with Crippen LogP contribution in [0.1, 0.15) is 64.5 Å². The van der Waals surface area contributed by atoms with E-state index >= 15 is 0 Å². The Morgan fingerprint density at radius 1 is 0.531 bits per heavy atom. The number of esters is 4. The van der Waals surface area contributed by atoms with Crippen molar-refractivity contribution in [3.63, 3.8) is 0 Å². The van der Waals surface area contributed by atoms with Crippen LogP contribution in [-0.4, -0.2) is 23.9 Å². The van der Waals surface area contributed by atoms with E-state index in [1.165, 1.54) is 40.5 Å². The third-order valence-electron chi connectivity index (χ3n) is 9.63. The van der Waals surface area contributed by atoms with E-state index in [1.807, 2.05) is 24.3 Å². The SMILES string of the molecule is O=C1OC(=O)c2cc(OC3=CCC(C4(c5ccc(Oc6ccc7c(c6)C(=O)OC7=O)cc5)c5ccccc5-c5ccccc54)C=C3)ccc21.